The van der Waals surface area contributed by atoms with E-state index < -0.39 is 0 Å². The van der Waals surface area contributed by atoms with E-state index in [1.54, 1.807) is 0 Å². The van der Waals surface area contributed by atoms with Gasteiger partial charge in [0.1, 0.15) is 0 Å². The summed E-state index contributed by atoms with van der Waals surface area (Å²) >= 11 is 0. The molecule has 0 aromatic heterocycles. The van der Waals surface area contributed by atoms with Gasteiger partial charge in [0.05, 0.1) is 0 Å². The Balaban J connectivity index is 0.000000581. The molecule has 0 aliphatic heterocycles. The second-order valence-corrected chi connectivity index (χ2v) is 3.24. The largest absolute Gasteiger partial charge is 0.398 e. The third-order valence-corrected chi connectivity index (χ3v) is 2.34. The average molecular weight is 232 g/mol. The predicted octanol–water partition coefficient (Wildman–Crippen LogP) is 4.37. The van der Waals surface area contributed by atoms with E-state index in [0.717, 1.165) is 27.7 Å². The van der Waals surface area contributed by atoms with Gasteiger partial charge in [-0.05, 0) is 23.9 Å². The Morgan fingerprint density at radius 1 is 0.824 bits per heavy atom. The molecule has 0 unspecified atom stereocenters. The lowest BCUT2D eigenvalue weighted by molar-refractivity contribution is 1.50. The van der Waals surface area contributed by atoms with Gasteiger partial charge in [-0.3, -0.25) is 0 Å². The lowest BCUT2D eigenvalue weighted by Gasteiger charge is -2.07. The lowest BCUT2D eigenvalue weighted by Crippen LogP contribution is -1.94. The van der Waals surface area contributed by atoms with E-state index in [0.29, 0.717) is 0 Å². The number of rotatable bonds is 0. The molecule has 17 heavy (non-hydrogen) atoms. The Bertz CT molecular complexity index is 462. The molecular weight excluding hydrogens is 208 g/mol. The van der Waals surface area contributed by atoms with Crippen LogP contribution in [0, 0.1) is 6.92 Å². The summed E-state index contributed by atoms with van der Waals surface area (Å²) < 4.78 is 0. The number of fused-ring (bicyclic) bond motifs is 1. The van der Waals surface area contributed by atoms with E-state index in [1.165, 1.54) is 0 Å². The quantitative estimate of drug-likeness (QED) is 0.663. The van der Waals surface area contributed by atoms with Gasteiger partial charge in [-0.25, -0.2) is 0 Å². The predicted molar refractivity (Wildman–Crippen MR) is 80.2 cm³/mol. The first-order valence-electron chi connectivity index (χ1n) is 6.23. The molecule has 0 spiro atoms. The molecule has 0 amide bonds. The van der Waals surface area contributed by atoms with Crippen molar-refractivity contribution in [2.75, 3.05) is 11.5 Å². The molecule has 0 radical (unpaired) electrons. The maximum atomic E-state index is 5.94. The highest BCUT2D eigenvalue weighted by Gasteiger charge is 2.02. The first-order valence-corrected chi connectivity index (χ1v) is 6.23. The van der Waals surface area contributed by atoms with Gasteiger partial charge >= 0.3 is 0 Å². The minimum Gasteiger partial charge on any atom is -0.398 e. The number of benzene rings is 2. The zero-order valence-electron chi connectivity index (χ0n) is 11.5. The van der Waals surface area contributed by atoms with Crippen LogP contribution >= 0.6 is 0 Å². The Morgan fingerprint density at radius 3 is 2.00 bits per heavy atom. The molecule has 0 fully saturated rings. The topological polar surface area (TPSA) is 52.0 Å². The summed E-state index contributed by atoms with van der Waals surface area (Å²) in [6.45, 7) is 9.99. The van der Waals surface area contributed by atoms with E-state index in [9.17, 15) is 0 Å². The molecule has 0 saturated carbocycles. The summed E-state index contributed by atoms with van der Waals surface area (Å²) in [5, 5.41) is 2.07. The maximum Gasteiger partial charge on any atom is 0.0444 e. The van der Waals surface area contributed by atoms with Crippen molar-refractivity contribution >= 4 is 22.1 Å². The average Bonchev–Trinajstić information content (AvgIpc) is 2.39. The van der Waals surface area contributed by atoms with Crippen LogP contribution in [0.4, 0.5) is 11.4 Å². The molecule has 0 aliphatic carbocycles. The molecule has 2 heteroatoms. The van der Waals surface area contributed by atoms with Crippen molar-refractivity contribution in [3.05, 3.63) is 35.9 Å². The van der Waals surface area contributed by atoms with Crippen LogP contribution in [0.2, 0.25) is 0 Å². The normalized spacial score (nSPS) is 8.76. The molecule has 0 saturated heterocycles. The van der Waals surface area contributed by atoms with Crippen LogP contribution in [0.25, 0.3) is 10.8 Å². The van der Waals surface area contributed by atoms with Gasteiger partial charge < -0.3 is 11.5 Å². The second-order valence-electron chi connectivity index (χ2n) is 3.24. The standard InChI is InChI=1S/C11H12N2.2C2H6/c1-7-5-6-8-3-2-4-9(12)10(8)11(7)13;2*1-2/h2-6H,12-13H2,1H3;2*1-2H3. The molecule has 2 nitrogen and oxygen atoms in total. The second kappa shape index (κ2) is 7.55. The number of anilines is 2. The van der Waals surface area contributed by atoms with Crippen LogP contribution in [0.5, 0.6) is 0 Å². The van der Waals surface area contributed by atoms with Crippen LogP contribution < -0.4 is 11.5 Å². The molecule has 0 aliphatic rings. The third-order valence-electron chi connectivity index (χ3n) is 2.34. The molecule has 0 bridgehead atoms. The highest BCUT2D eigenvalue weighted by Crippen LogP contribution is 2.28. The van der Waals surface area contributed by atoms with Crippen molar-refractivity contribution in [3.63, 3.8) is 0 Å². The van der Waals surface area contributed by atoms with Gasteiger partial charge in [-0.1, -0.05) is 52.0 Å². The Kier molecular flexibility index (Phi) is 6.80. The van der Waals surface area contributed by atoms with Crippen molar-refractivity contribution in [1.82, 2.24) is 0 Å². The minimum atomic E-state index is 0.749. The summed E-state index contributed by atoms with van der Waals surface area (Å²) in [6.07, 6.45) is 0. The summed E-state index contributed by atoms with van der Waals surface area (Å²) in [5.74, 6) is 0. The van der Waals surface area contributed by atoms with Crippen molar-refractivity contribution < 1.29 is 0 Å². The first-order chi connectivity index (χ1) is 8.20. The summed E-state index contributed by atoms with van der Waals surface area (Å²) in [6, 6.07) is 9.88. The number of nitrogens with two attached hydrogens (primary N) is 2. The van der Waals surface area contributed by atoms with Crippen LogP contribution in [0.1, 0.15) is 33.3 Å². The molecular formula is C15H24N2. The summed E-state index contributed by atoms with van der Waals surface area (Å²) in [4.78, 5) is 0. The molecule has 2 aromatic rings. The zero-order valence-corrected chi connectivity index (χ0v) is 11.5. The Hall–Kier alpha value is -1.70. The summed E-state index contributed by atoms with van der Waals surface area (Å²) in [5.41, 5.74) is 14.4. The van der Waals surface area contributed by atoms with Crippen LogP contribution in [-0.4, -0.2) is 0 Å². The number of hydrogen-bond donors (Lipinski definition) is 2. The SMILES string of the molecule is CC.CC.Cc1ccc2cccc(N)c2c1N. The number of nitrogen functional groups attached to an aromatic ring is 2. The van der Waals surface area contributed by atoms with Crippen LogP contribution in [0.15, 0.2) is 30.3 Å². The molecule has 94 valence electrons. The Morgan fingerprint density at radius 2 is 1.41 bits per heavy atom. The fourth-order valence-electron chi connectivity index (χ4n) is 1.54. The van der Waals surface area contributed by atoms with Crippen LogP contribution in [0.3, 0.4) is 0 Å². The van der Waals surface area contributed by atoms with Gasteiger partial charge in [0, 0.05) is 16.8 Å². The fraction of sp³-hybridized carbons (Fsp3) is 0.333. The Labute approximate surface area is 105 Å². The van der Waals surface area contributed by atoms with Gasteiger partial charge in [-0.2, -0.15) is 0 Å². The van der Waals surface area contributed by atoms with Crippen molar-refractivity contribution in [3.8, 4) is 0 Å². The monoisotopic (exact) mass is 232 g/mol. The zero-order chi connectivity index (χ0) is 13.4. The highest BCUT2D eigenvalue weighted by molar-refractivity contribution is 6.02. The van der Waals surface area contributed by atoms with Gasteiger partial charge in [0.2, 0.25) is 0 Å². The molecule has 2 rings (SSSR count). The molecule has 2 aromatic carbocycles. The number of hydrogen-bond acceptors (Lipinski definition) is 2. The van der Waals surface area contributed by atoms with E-state index in [4.69, 9.17) is 11.5 Å². The van der Waals surface area contributed by atoms with Gasteiger partial charge in [0.15, 0.2) is 0 Å². The van der Waals surface area contributed by atoms with E-state index in [1.807, 2.05) is 65.0 Å². The fourth-order valence-corrected chi connectivity index (χ4v) is 1.54. The van der Waals surface area contributed by atoms with E-state index >= 15 is 0 Å². The van der Waals surface area contributed by atoms with Crippen molar-refractivity contribution in [1.29, 1.82) is 0 Å². The molecule has 4 N–H and O–H groups in total. The lowest BCUT2D eigenvalue weighted by atomic mass is 10.0. The van der Waals surface area contributed by atoms with E-state index in [2.05, 4.69) is 0 Å². The van der Waals surface area contributed by atoms with Crippen molar-refractivity contribution in [2.24, 2.45) is 0 Å². The van der Waals surface area contributed by atoms with Crippen LogP contribution in [-0.2, 0) is 0 Å². The first kappa shape index (κ1) is 15.3. The minimum absolute atomic E-state index is 0.749. The number of aryl methyl sites for hydroxylation is 1. The van der Waals surface area contributed by atoms with Gasteiger partial charge in [0.25, 0.3) is 0 Å². The smallest absolute Gasteiger partial charge is 0.0444 e. The van der Waals surface area contributed by atoms with Crippen molar-refractivity contribution in [2.45, 2.75) is 34.6 Å². The summed E-state index contributed by atoms with van der Waals surface area (Å²) in [7, 11) is 0. The molecule has 0 atom stereocenters. The third kappa shape index (κ3) is 3.38. The van der Waals surface area contributed by atoms with E-state index in [-0.39, 0.29) is 0 Å². The molecule has 0 heterocycles. The highest BCUT2D eigenvalue weighted by atomic mass is 14.6. The maximum absolute atomic E-state index is 5.94. The van der Waals surface area contributed by atoms with Gasteiger partial charge in [-0.15, -0.1) is 0 Å².